The van der Waals surface area contributed by atoms with Crippen molar-refractivity contribution < 1.29 is 0 Å². The molecular weight excluding hydrogens is 320 g/mol. The minimum Gasteiger partial charge on any atom is -0.356 e. The highest BCUT2D eigenvalue weighted by molar-refractivity contribution is 6.28. The quantitative estimate of drug-likeness (QED) is 0.796. The zero-order valence-electron chi connectivity index (χ0n) is 13.9. The van der Waals surface area contributed by atoms with Crippen molar-refractivity contribution in [1.82, 2.24) is 14.9 Å². The number of benzene rings is 1. The summed E-state index contributed by atoms with van der Waals surface area (Å²) in [5.74, 6) is 1.07. The first-order valence-corrected chi connectivity index (χ1v) is 9.24. The Morgan fingerprint density at radius 3 is 2.54 bits per heavy atom. The van der Waals surface area contributed by atoms with E-state index in [1.54, 1.807) is 0 Å². The molecule has 0 bridgehead atoms. The molecule has 0 N–H and O–H groups in total. The number of anilines is 1. The minimum absolute atomic E-state index is 0.394. The number of fused-ring (bicyclic) bond motifs is 1. The van der Waals surface area contributed by atoms with Crippen LogP contribution in [0.25, 0.3) is 0 Å². The third kappa shape index (κ3) is 3.40. The molecule has 0 amide bonds. The Bertz CT molecular complexity index is 698. The zero-order valence-corrected chi connectivity index (χ0v) is 14.7. The fourth-order valence-corrected chi connectivity index (χ4v) is 3.95. The lowest BCUT2D eigenvalue weighted by atomic mass is 10.0. The molecule has 2 aliphatic rings. The summed E-state index contributed by atoms with van der Waals surface area (Å²) in [7, 11) is 0. The number of halogens is 1. The predicted molar refractivity (Wildman–Crippen MR) is 97.4 cm³/mol. The largest absolute Gasteiger partial charge is 0.356 e. The van der Waals surface area contributed by atoms with Crippen molar-refractivity contribution in [3.8, 4) is 0 Å². The summed E-state index contributed by atoms with van der Waals surface area (Å²) in [5.41, 5.74) is 3.78. The number of hydrogen-bond acceptors (Lipinski definition) is 4. The first-order chi connectivity index (χ1) is 11.8. The highest BCUT2D eigenvalue weighted by atomic mass is 35.5. The van der Waals surface area contributed by atoms with Crippen LogP contribution in [0.1, 0.15) is 36.1 Å². The molecule has 0 saturated carbocycles. The lowest BCUT2D eigenvalue weighted by Gasteiger charge is -2.34. The van der Waals surface area contributed by atoms with Crippen LogP contribution in [-0.4, -0.2) is 34.5 Å². The van der Waals surface area contributed by atoms with E-state index in [-0.39, 0.29) is 0 Å². The second-order valence-corrected chi connectivity index (χ2v) is 7.07. The highest BCUT2D eigenvalue weighted by Gasteiger charge is 2.25. The van der Waals surface area contributed by atoms with Crippen LogP contribution >= 0.6 is 11.6 Å². The van der Waals surface area contributed by atoms with Crippen LogP contribution in [-0.2, 0) is 19.5 Å². The average molecular weight is 343 g/mol. The van der Waals surface area contributed by atoms with Crippen LogP contribution < -0.4 is 4.90 Å². The van der Waals surface area contributed by atoms with E-state index in [1.165, 1.54) is 30.4 Å². The molecule has 3 heterocycles. The van der Waals surface area contributed by atoms with Gasteiger partial charge >= 0.3 is 0 Å². The summed E-state index contributed by atoms with van der Waals surface area (Å²) < 4.78 is 0. The Morgan fingerprint density at radius 1 is 0.958 bits per heavy atom. The van der Waals surface area contributed by atoms with Gasteiger partial charge in [-0.2, -0.15) is 0 Å². The molecule has 1 fully saturated rings. The topological polar surface area (TPSA) is 32.3 Å². The Kier molecular flexibility index (Phi) is 4.67. The van der Waals surface area contributed by atoms with Crippen molar-refractivity contribution in [2.75, 3.05) is 24.5 Å². The average Bonchev–Trinajstić information content (AvgIpc) is 2.63. The first kappa shape index (κ1) is 15.9. The summed E-state index contributed by atoms with van der Waals surface area (Å²) in [6.07, 6.45) is 4.75. The lowest BCUT2D eigenvalue weighted by Crippen LogP contribution is -2.36. The fraction of sp³-hybridized carbons (Fsp3) is 0.474. The van der Waals surface area contributed by atoms with E-state index >= 15 is 0 Å². The number of aromatic nitrogens is 2. The van der Waals surface area contributed by atoms with Gasteiger partial charge in [0.05, 0.1) is 5.69 Å². The molecule has 2 aliphatic heterocycles. The van der Waals surface area contributed by atoms with E-state index < -0.39 is 0 Å². The maximum atomic E-state index is 6.20. The molecule has 24 heavy (non-hydrogen) atoms. The van der Waals surface area contributed by atoms with Gasteiger partial charge in [0.15, 0.2) is 0 Å². The van der Waals surface area contributed by atoms with Gasteiger partial charge < -0.3 is 4.90 Å². The minimum atomic E-state index is 0.394. The normalized spacial score (nSPS) is 18.5. The van der Waals surface area contributed by atoms with Crippen molar-refractivity contribution in [3.05, 3.63) is 52.4 Å². The second-order valence-electron chi connectivity index (χ2n) is 6.74. The molecule has 4 nitrogen and oxygen atoms in total. The Balaban J connectivity index is 1.59. The summed E-state index contributed by atoms with van der Waals surface area (Å²) in [5, 5.41) is 0.394. The van der Waals surface area contributed by atoms with Gasteiger partial charge in [-0.1, -0.05) is 30.3 Å². The molecular formula is C19H23ClN4. The number of rotatable bonds is 3. The summed E-state index contributed by atoms with van der Waals surface area (Å²) in [4.78, 5) is 14.0. The molecule has 0 radical (unpaired) electrons. The van der Waals surface area contributed by atoms with Crippen molar-refractivity contribution in [1.29, 1.82) is 0 Å². The molecule has 0 atom stereocenters. The fourth-order valence-electron chi connectivity index (χ4n) is 3.77. The SMILES string of the molecule is Clc1nc2c(c(N3CCCCC3)n1)CN(Cc1ccccc1)CC2. The second kappa shape index (κ2) is 7.08. The summed E-state index contributed by atoms with van der Waals surface area (Å²) in [6.45, 7) is 5.07. The van der Waals surface area contributed by atoms with Crippen molar-refractivity contribution in [3.63, 3.8) is 0 Å². The van der Waals surface area contributed by atoms with Crippen LogP contribution in [0, 0.1) is 0 Å². The Hall–Kier alpha value is -1.65. The van der Waals surface area contributed by atoms with Crippen LogP contribution in [0.2, 0.25) is 5.28 Å². The third-order valence-electron chi connectivity index (χ3n) is 4.99. The number of nitrogens with zero attached hydrogens (tertiary/aromatic N) is 4. The lowest BCUT2D eigenvalue weighted by molar-refractivity contribution is 0.243. The van der Waals surface area contributed by atoms with Crippen LogP contribution in [0.5, 0.6) is 0 Å². The molecule has 1 saturated heterocycles. The van der Waals surface area contributed by atoms with Gasteiger partial charge in [-0.3, -0.25) is 4.90 Å². The summed E-state index contributed by atoms with van der Waals surface area (Å²) >= 11 is 6.20. The van der Waals surface area contributed by atoms with Crippen molar-refractivity contribution in [2.45, 2.75) is 38.8 Å². The molecule has 0 aliphatic carbocycles. The summed E-state index contributed by atoms with van der Waals surface area (Å²) in [6, 6.07) is 10.7. The molecule has 1 aromatic heterocycles. The van der Waals surface area contributed by atoms with E-state index in [2.05, 4.69) is 50.1 Å². The van der Waals surface area contributed by atoms with Gasteiger partial charge in [0.25, 0.3) is 0 Å². The zero-order chi connectivity index (χ0) is 16.4. The molecule has 0 spiro atoms. The maximum Gasteiger partial charge on any atom is 0.224 e. The third-order valence-corrected chi connectivity index (χ3v) is 5.16. The van der Waals surface area contributed by atoms with E-state index in [0.29, 0.717) is 5.28 Å². The maximum absolute atomic E-state index is 6.20. The molecule has 4 rings (SSSR count). The van der Waals surface area contributed by atoms with Crippen molar-refractivity contribution in [2.24, 2.45) is 0 Å². The predicted octanol–water partition coefficient (Wildman–Crippen LogP) is 3.68. The highest BCUT2D eigenvalue weighted by Crippen LogP contribution is 2.30. The van der Waals surface area contributed by atoms with Crippen LogP contribution in [0.15, 0.2) is 30.3 Å². The van der Waals surface area contributed by atoms with E-state index in [9.17, 15) is 0 Å². The van der Waals surface area contributed by atoms with E-state index in [1.807, 2.05) is 0 Å². The van der Waals surface area contributed by atoms with Crippen LogP contribution in [0.3, 0.4) is 0 Å². The standard InChI is InChI=1S/C19H23ClN4/c20-19-21-17-9-12-23(13-15-7-3-1-4-8-15)14-16(17)18(22-19)24-10-5-2-6-11-24/h1,3-4,7-8H,2,5-6,9-14H2. The Labute approximate surface area is 148 Å². The molecule has 126 valence electrons. The van der Waals surface area contributed by atoms with E-state index in [4.69, 9.17) is 11.6 Å². The molecule has 1 aromatic carbocycles. The molecule has 0 unspecified atom stereocenters. The van der Waals surface area contributed by atoms with Gasteiger partial charge in [0, 0.05) is 44.7 Å². The number of hydrogen-bond donors (Lipinski definition) is 0. The smallest absolute Gasteiger partial charge is 0.224 e. The van der Waals surface area contributed by atoms with Gasteiger partial charge in [-0.05, 0) is 36.4 Å². The number of piperidine rings is 1. The van der Waals surface area contributed by atoms with Gasteiger partial charge in [-0.15, -0.1) is 0 Å². The first-order valence-electron chi connectivity index (χ1n) is 8.86. The van der Waals surface area contributed by atoms with E-state index in [0.717, 1.165) is 50.7 Å². The molecule has 2 aromatic rings. The van der Waals surface area contributed by atoms with Gasteiger partial charge in [-0.25, -0.2) is 9.97 Å². The van der Waals surface area contributed by atoms with Gasteiger partial charge in [0.1, 0.15) is 5.82 Å². The van der Waals surface area contributed by atoms with Gasteiger partial charge in [0.2, 0.25) is 5.28 Å². The van der Waals surface area contributed by atoms with Crippen molar-refractivity contribution >= 4 is 17.4 Å². The van der Waals surface area contributed by atoms with Crippen LogP contribution in [0.4, 0.5) is 5.82 Å². The monoisotopic (exact) mass is 342 g/mol. The Morgan fingerprint density at radius 2 is 1.75 bits per heavy atom. The molecule has 5 heteroatoms.